The van der Waals surface area contributed by atoms with Gasteiger partial charge in [0.15, 0.2) is 0 Å². The molecule has 206 valence electrons. The first-order chi connectivity index (χ1) is 16.7. The molecule has 0 radical (unpaired) electrons. The molecule has 0 aliphatic rings. The van der Waals surface area contributed by atoms with Crippen LogP contribution in [0.3, 0.4) is 0 Å². The highest BCUT2D eigenvalue weighted by Crippen LogP contribution is 2.20. The molecule has 0 rings (SSSR count). The number of nitrogens with two attached hydrogens (primary N) is 1. The molecule has 0 heterocycles. The fraction of sp³-hybridized carbons (Fsp3) is 0.731. The zero-order valence-corrected chi connectivity index (χ0v) is 23.1. The van der Waals surface area contributed by atoms with Crippen molar-refractivity contribution in [3.05, 3.63) is 12.7 Å². The van der Waals surface area contributed by atoms with E-state index in [1.54, 1.807) is 33.8 Å². The van der Waals surface area contributed by atoms with Crippen molar-refractivity contribution in [1.82, 2.24) is 15.1 Å². The van der Waals surface area contributed by atoms with Gasteiger partial charge in [-0.1, -0.05) is 39.7 Å². The number of likely N-dealkylation sites (N-methyl/N-ethyl adjacent to an activating group) is 2. The fourth-order valence-electron chi connectivity index (χ4n) is 3.66. The Morgan fingerprint density at radius 3 is 2.25 bits per heavy atom. The average molecular weight is 511 g/mol. The summed E-state index contributed by atoms with van der Waals surface area (Å²) in [6, 6.07) is -1.82. The molecule has 10 heteroatoms. The lowest BCUT2D eigenvalue weighted by Crippen LogP contribution is -2.53. The quantitative estimate of drug-likeness (QED) is 0.213. The molecule has 3 atom stereocenters. The minimum atomic E-state index is -0.941. The first-order valence-electron chi connectivity index (χ1n) is 12.6. The minimum Gasteiger partial charge on any atom is -0.371 e. The van der Waals surface area contributed by atoms with Gasteiger partial charge in [-0.15, -0.1) is 6.58 Å². The van der Waals surface area contributed by atoms with Crippen molar-refractivity contribution in [1.29, 1.82) is 0 Å². The Bertz CT molecular complexity index is 782. The molecule has 3 N–H and O–H groups in total. The van der Waals surface area contributed by atoms with Crippen molar-refractivity contribution < 1.29 is 28.7 Å². The molecule has 0 bridgehead atoms. The smallest absolute Gasteiger partial charge is 0.245 e. The van der Waals surface area contributed by atoms with Crippen molar-refractivity contribution in [2.24, 2.45) is 11.7 Å². The Hall–Kier alpha value is -2.75. The number of ketones is 1. The van der Waals surface area contributed by atoms with Crippen LogP contribution in [0.2, 0.25) is 0 Å². The summed E-state index contributed by atoms with van der Waals surface area (Å²) in [5, 5.41) is 2.61. The number of rotatable bonds is 18. The Kier molecular flexibility index (Phi) is 14.9. The molecule has 10 nitrogen and oxygen atoms in total. The highest BCUT2D eigenvalue weighted by molar-refractivity contribution is 6.00. The summed E-state index contributed by atoms with van der Waals surface area (Å²) in [7, 11) is 2.89. The first-order valence-corrected chi connectivity index (χ1v) is 12.6. The number of carbonyl (C=O) groups excluding carboxylic acids is 5. The molecule has 36 heavy (non-hydrogen) atoms. The largest absolute Gasteiger partial charge is 0.371 e. The van der Waals surface area contributed by atoms with Gasteiger partial charge in [-0.3, -0.25) is 24.0 Å². The van der Waals surface area contributed by atoms with Crippen molar-refractivity contribution >= 4 is 29.4 Å². The van der Waals surface area contributed by atoms with Crippen LogP contribution in [0.4, 0.5) is 0 Å². The predicted molar refractivity (Wildman–Crippen MR) is 139 cm³/mol. The summed E-state index contributed by atoms with van der Waals surface area (Å²) < 4.78 is 5.66. The predicted octanol–water partition coefficient (Wildman–Crippen LogP) is 1.81. The van der Waals surface area contributed by atoms with E-state index in [4.69, 9.17) is 10.5 Å². The van der Waals surface area contributed by atoms with Gasteiger partial charge < -0.3 is 25.6 Å². The van der Waals surface area contributed by atoms with E-state index in [9.17, 15) is 24.0 Å². The lowest BCUT2D eigenvalue weighted by atomic mass is 9.97. The van der Waals surface area contributed by atoms with Crippen LogP contribution in [-0.2, 0) is 28.7 Å². The molecular weight excluding hydrogens is 464 g/mol. The van der Waals surface area contributed by atoms with Crippen molar-refractivity contribution in [2.75, 3.05) is 27.2 Å². The van der Waals surface area contributed by atoms with Crippen LogP contribution in [-0.4, -0.2) is 84.1 Å². The molecular formula is C26H46N4O6. The van der Waals surface area contributed by atoms with Gasteiger partial charge in [0.2, 0.25) is 23.6 Å². The number of carbonyl (C=O) groups is 5. The zero-order chi connectivity index (χ0) is 28.1. The highest BCUT2D eigenvalue weighted by Gasteiger charge is 2.33. The summed E-state index contributed by atoms with van der Waals surface area (Å²) in [4.78, 5) is 64.9. The summed E-state index contributed by atoms with van der Waals surface area (Å²) in [5.41, 5.74) is 4.81. The van der Waals surface area contributed by atoms with Crippen LogP contribution in [0.5, 0.6) is 0 Å². The molecule has 0 aromatic carbocycles. The summed E-state index contributed by atoms with van der Waals surface area (Å²) >= 11 is 0. The molecule has 0 aromatic heterocycles. The van der Waals surface area contributed by atoms with Crippen LogP contribution in [0.25, 0.3) is 0 Å². The SMILES string of the molecule is C=CCOC(C)(C)C[C@@H](C(N)=O)N(C)C(=O)CN(C)C(=O)[C@H](CC)NC(=O)CC(=O)[C@H](C)CCCC. The monoisotopic (exact) mass is 510 g/mol. The third kappa shape index (κ3) is 11.8. The molecule has 0 aliphatic heterocycles. The number of unbranched alkanes of at least 4 members (excludes halogenated alkanes) is 1. The number of Topliss-reactive ketones (excluding diaryl/α,β-unsaturated/α-hetero) is 1. The second-order valence-electron chi connectivity index (χ2n) is 9.90. The first kappa shape index (κ1) is 33.2. The third-order valence-electron chi connectivity index (χ3n) is 6.13. The zero-order valence-electron chi connectivity index (χ0n) is 23.1. The Morgan fingerprint density at radius 1 is 1.14 bits per heavy atom. The second-order valence-corrected chi connectivity index (χ2v) is 9.90. The topological polar surface area (TPSA) is 139 Å². The van der Waals surface area contributed by atoms with Crippen LogP contribution in [0, 0.1) is 5.92 Å². The van der Waals surface area contributed by atoms with E-state index < -0.39 is 41.3 Å². The summed E-state index contributed by atoms with van der Waals surface area (Å²) in [6.45, 7) is 12.7. The maximum absolute atomic E-state index is 12.9. The molecule has 0 aliphatic carbocycles. The van der Waals surface area contributed by atoms with Crippen molar-refractivity contribution in [3.63, 3.8) is 0 Å². The van der Waals surface area contributed by atoms with E-state index in [0.717, 1.165) is 19.3 Å². The number of ether oxygens (including phenoxy) is 1. The standard InChI is InChI=1S/C26H46N4O6/c1-9-12-13-18(4)21(31)15-22(32)28-19(11-3)25(35)29(7)17-23(33)30(8)20(24(27)34)16-26(5,6)36-14-10-2/h10,18-20H,2,9,11-17H2,1,3-8H3,(H2,27,34)(H,28,32)/t18-,19+,20+/m1/s1. The average Bonchev–Trinajstić information content (AvgIpc) is 2.81. The van der Waals surface area contributed by atoms with E-state index in [0.29, 0.717) is 0 Å². The number of nitrogens with one attached hydrogen (secondary N) is 1. The number of nitrogens with zero attached hydrogens (tertiary/aromatic N) is 2. The second kappa shape index (κ2) is 16.1. The van der Waals surface area contributed by atoms with Gasteiger partial charge in [0.1, 0.15) is 17.9 Å². The lowest BCUT2D eigenvalue weighted by Gasteiger charge is -2.34. The van der Waals surface area contributed by atoms with Gasteiger partial charge in [0.05, 0.1) is 25.2 Å². The fourth-order valence-corrected chi connectivity index (χ4v) is 3.66. The molecule has 4 amide bonds. The number of hydrogen-bond donors (Lipinski definition) is 2. The van der Waals surface area contributed by atoms with Crippen molar-refractivity contribution in [3.8, 4) is 0 Å². The molecule has 0 spiro atoms. The summed E-state index contributed by atoms with van der Waals surface area (Å²) in [5.74, 6) is -2.54. The van der Waals surface area contributed by atoms with Gasteiger partial charge in [0, 0.05) is 26.4 Å². The lowest BCUT2D eigenvalue weighted by molar-refractivity contribution is -0.145. The highest BCUT2D eigenvalue weighted by atomic mass is 16.5. The van der Waals surface area contributed by atoms with Gasteiger partial charge >= 0.3 is 0 Å². The maximum atomic E-state index is 12.9. The number of primary amides is 1. The minimum absolute atomic E-state index is 0.161. The van der Waals surface area contributed by atoms with E-state index >= 15 is 0 Å². The van der Waals surface area contributed by atoms with Gasteiger partial charge in [-0.2, -0.15) is 0 Å². The molecule has 0 fully saturated rings. The maximum Gasteiger partial charge on any atom is 0.245 e. The summed E-state index contributed by atoms with van der Waals surface area (Å²) in [6.07, 6.45) is 4.35. The third-order valence-corrected chi connectivity index (χ3v) is 6.13. The van der Waals surface area contributed by atoms with Crippen LogP contribution in [0.1, 0.15) is 73.1 Å². The van der Waals surface area contributed by atoms with Crippen LogP contribution in [0.15, 0.2) is 12.7 Å². The Labute approximate surface area is 216 Å². The van der Waals surface area contributed by atoms with Gasteiger partial charge in [0.25, 0.3) is 0 Å². The van der Waals surface area contributed by atoms with Crippen LogP contribution < -0.4 is 11.1 Å². The Morgan fingerprint density at radius 2 is 1.75 bits per heavy atom. The molecule has 0 saturated heterocycles. The van der Waals surface area contributed by atoms with Crippen molar-refractivity contribution in [2.45, 2.75) is 90.8 Å². The molecule has 0 unspecified atom stereocenters. The Balaban J connectivity index is 5.12. The van der Waals surface area contributed by atoms with Gasteiger partial charge in [-0.05, 0) is 26.7 Å². The number of amides is 4. The van der Waals surface area contributed by atoms with E-state index in [1.165, 1.54) is 23.9 Å². The number of hydrogen-bond acceptors (Lipinski definition) is 6. The van der Waals surface area contributed by atoms with E-state index in [2.05, 4.69) is 11.9 Å². The van der Waals surface area contributed by atoms with E-state index in [1.807, 2.05) is 6.92 Å². The van der Waals surface area contributed by atoms with Gasteiger partial charge in [-0.25, -0.2) is 0 Å². The van der Waals surface area contributed by atoms with E-state index in [-0.39, 0.29) is 44.1 Å². The normalized spacial score (nSPS) is 13.8. The molecule has 0 saturated carbocycles. The van der Waals surface area contributed by atoms with Crippen LogP contribution >= 0.6 is 0 Å². The molecule has 0 aromatic rings.